The molecule has 0 spiro atoms. The van der Waals surface area contributed by atoms with E-state index in [1.807, 2.05) is 0 Å². The first-order chi connectivity index (χ1) is 9.10. The van der Waals surface area contributed by atoms with Crippen molar-refractivity contribution < 1.29 is 31.1 Å². The average Bonchev–Trinajstić information content (AvgIpc) is 2.63. The Morgan fingerprint density at radius 3 is 2.50 bits per heavy atom. The van der Waals surface area contributed by atoms with Gasteiger partial charge in [-0.25, -0.2) is 4.79 Å². The van der Waals surface area contributed by atoms with Crippen molar-refractivity contribution in [2.75, 3.05) is 12.3 Å². The van der Waals surface area contributed by atoms with Gasteiger partial charge in [0.1, 0.15) is 5.75 Å². The monoisotopic (exact) mass is 298 g/mol. The van der Waals surface area contributed by atoms with E-state index in [1.54, 1.807) is 0 Å². The predicted octanol–water partition coefficient (Wildman–Crippen LogP) is 2.28. The predicted molar refractivity (Wildman–Crippen MR) is 57.7 cm³/mol. The highest BCUT2D eigenvalue weighted by atomic mass is 19.4. The van der Waals surface area contributed by atoms with Crippen molar-refractivity contribution in [2.24, 2.45) is 0 Å². The fourth-order valence-corrected chi connectivity index (χ4v) is 1.37. The van der Waals surface area contributed by atoms with Crippen molar-refractivity contribution in [3.63, 3.8) is 0 Å². The zero-order chi connectivity index (χ0) is 15.1. The van der Waals surface area contributed by atoms with Gasteiger partial charge in [-0.1, -0.05) is 0 Å². The maximum Gasteiger partial charge on any atom is 0.456 e. The Hall–Kier alpha value is -2.26. The topological polar surface area (TPSA) is 81.2 Å². The summed E-state index contributed by atoms with van der Waals surface area (Å²) < 4.78 is 70.3. The molecule has 0 radical (unpaired) electrons. The molecule has 0 atom stereocenters. The minimum atomic E-state index is -5.73. The van der Waals surface area contributed by atoms with Gasteiger partial charge in [0.2, 0.25) is 0 Å². The number of halogens is 5. The summed E-state index contributed by atoms with van der Waals surface area (Å²) in [6.45, 7) is -1.92. The highest BCUT2D eigenvalue weighted by molar-refractivity contribution is 5.80. The molecule has 0 unspecified atom stereocenters. The Bertz CT molecular complexity index is 688. The second kappa shape index (κ2) is 4.39. The van der Waals surface area contributed by atoms with E-state index in [1.165, 1.54) is 0 Å². The average molecular weight is 298 g/mol. The Kier molecular flexibility index (Phi) is 3.11. The maximum absolute atomic E-state index is 12.7. The second-order valence-electron chi connectivity index (χ2n) is 3.89. The third-order valence-corrected chi connectivity index (χ3v) is 2.38. The lowest BCUT2D eigenvalue weighted by Gasteiger charge is -2.20. The van der Waals surface area contributed by atoms with Crippen LogP contribution in [0.25, 0.3) is 11.1 Å². The number of nitrogen functional groups attached to an aromatic ring is 1. The van der Waals surface area contributed by atoms with E-state index in [0.29, 0.717) is 0 Å². The molecule has 1 heterocycles. The molecule has 110 valence electrons. The number of aromatic nitrogens is 1. The second-order valence-corrected chi connectivity index (χ2v) is 3.89. The Balaban J connectivity index is 2.26. The van der Waals surface area contributed by atoms with Crippen LogP contribution in [0.2, 0.25) is 0 Å². The number of hydrogen-bond donors (Lipinski definition) is 2. The van der Waals surface area contributed by atoms with Crippen molar-refractivity contribution in [1.29, 1.82) is 0 Å². The number of nitrogens with two attached hydrogens (primary N) is 1. The van der Waals surface area contributed by atoms with Crippen LogP contribution in [0.1, 0.15) is 0 Å². The standard InChI is InChI=1S/C10H7F5N2O3/c11-9(12,10(13,14)15)3-19-6-2-5-7(1-4(6)16)20-8(18)17-5/h1-2H,3,16H2,(H,17,18). The zero-order valence-electron chi connectivity index (χ0n) is 9.55. The summed E-state index contributed by atoms with van der Waals surface area (Å²) >= 11 is 0. The third-order valence-electron chi connectivity index (χ3n) is 2.38. The summed E-state index contributed by atoms with van der Waals surface area (Å²) in [5.41, 5.74) is 5.26. The van der Waals surface area contributed by atoms with Gasteiger partial charge < -0.3 is 14.9 Å². The van der Waals surface area contributed by atoms with Crippen LogP contribution in [0.5, 0.6) is 5.75 Å². The summed E-state index contributed by atoms with van der Waals surface area (Å²) in [7, 11) is 0. The highest BCUT2D eigenvalue weighted by Crippen LogP contribution is 2.36. The molecule has 1 aromatic heterocycles. The van der Waals surface area contributed by atoms with Gasteiger partial charge in [-0.2, -0.15) is 22.0 Å². The van der Waals surface area contributed by atoms with Gasteiger partial charge in [-0.15, -0.1) is 0 Å². The van der Waals surface area contributed by atoms with Crippen LogP contribution in [0.3, 0.4) is 0 Å². The summed E-state index contributed by atoms with van der Waals surface area (Å²) in [5, 5.41) is 0. The van der Waals surface area contributed by atoms with Crippen molar-refractivity contribution in [1.82, 2.24) is 4.98 Å². The van der Waals surface area contributed by atoms with Crippen molar-refractivity contribution >= 4 is 16.8 Å². The smallest absolute Gasteiger partial charge is 0.456 e. The van der Waals surface area contributed by atoms with E-state index in [9.17, 15) is 26.7 Å². The molecular weight excluding hydrogens is 291 g/mol. The largest absolute Gasteiger partial charge is 0.485 e. The number of benzene rings is 1. The fourth-order valence-electron chi connectivity index (χ4n) is 1.37. The van der Waals surface area contributed by atoms with Gasteiger partial charge in [0.15, 0.2) is 12.2 Å². The number of aromatic amines is 1. The van der Waals surface area contributed by atoms with Crippen LogP contribution in [-0.4, -0.2) is 23.7 Å². The molecular formula is C10H7F5N2O3. The number of anilines is 1. The first-order valence-electron chi connectivity index (χ1n) is 5.10. The van der Waals surface area contributed by atoms with Gasteiger partial charge in [0, 0.05) is 12.1 Å². The van der Waals surface area contributed by atoms with Crippen molar-refractivity contribution in [3.05, 3.63) is 22.7 Å². The Morgan fingerprint density at radius 2 is 1.90 bits per heavy atom. The molecule has 20 heavy (non-hydrogen) atoms. The van der Waals surface area contributed by atoms with Crippen LogP contribution in [0.4, 0.5) is 27.6 Å². The minimum Gasteiger partial charge on any atom is -0.485 e. The number of ether oxygens (including phenoxy) is 1. The molecule has 2 rings (SSSR count). The minimum absolute atomic E-state index is 0.0300. The summed E-state index contributed by atoms with van der Waals surface area (Å²) in [6, 6.07) is 2.08. The number of oxazole rings is 1. The summed E-state index contributed by atoms with van der Waals surface area (Å²) in [4.78, 5) is 13.1. The number of rotatable bonds is 3. The molecule has 2 aromatic rings. The molecule has 0 bridgehead atoms. The Morgan fingerprint density at radius 1 is 1.25 bits per heavy atom. The normalized spacial score (nSPS) is 12.8. The lowest BCUT2D eigenvalue weighted by molar-refractivity contribution is -0.289. The fraction of sp³-hybridized carbons (Fsp3) is 0.300. The van der Waals surface area contributed by atoms with Gasteiger partial charge in [0.25, 0.3) is 0 Å². The number of alkyl halides is 5. The summed E-state index contributed by atoms with van der Waals surface area (Å²) in [5.74, 6) is -6.26. The lowest BCUT2D eigenvalue weighted by Crippen LogP contribution is -2.41. The molecule has 0 aliphatic carbocycles. The molecule has 1 aromatic carbocycles. The van der Waals surface area contributed by atoms with E-state index in [0.717, 1.165) is 12.1 Å². The highest BCUT2D eigenvalue weighted by Gasteiger charge is 2.58. The van der Waals surface area contributed by atoms with Crippen LogP contribution < -0.4 is 16.2 Å². The first-order valence-corrected chi connectivity index (χ1v) is 5.10. The summed E-state index contributed by atoms with van der Waals surface area (Å²) in [6.07, 6.45) is -5.73. The first kappa shape index (κ1) is 14.2. The molecule has 0 saturated carbocycles. The molecule has 10 heteroatoms. The molecule has 0 aliphatic rings. The van der Waals surface area contributed by atoms with E-state index in [2.05, 4.69) is 14.1 Å². The number of nitrogens with one attached hydrogen (secondary N) is 1. The molecule has 3 N–H and O–H groups in total. The van der Waals surface area contributed by atoms with E-state index in [4.69, 9.17) is 5.73 Å². The quantitative estimate of drug-likeness (QED) is 0.673. The van der Waals surface area contributed by atoms with Crippen LogP contribution in [0.15, 0.2) is 21.3 Å². The van der Waals surface area contributed by atoms with E-state index >= 15 is 0 Å². The SMILES string of the molecule is Nc1cc2oc(=O)[nH]c2cc1OCC(F)(F)C(F)(F)F. The van der Waals surface area contributed by atoms with E-state index in [-0.39, 0.29) is 16.8 Å². The molecule has 0 aliphatic heterocycles. The number of hydrogen-bond acceptors (Lipinski definition) is 4. The zero-order valence-corrected chi connectivity index (χ0v) is 9.55. The Labute approximate surface area is 107 Å². The maximum atomic E-state index is 12.7. The molecule has 0 amide bonds. The van der Waals surface area contributed by atoms with Gasteiger partial charge >= 0.3 is 17.9 Å². The van der Waals surface area contributed by atoms with Crippen molar-refractivity contribution in [3.8, 4) is 5.75 Å². The third kappa shape index (κ3) is 2.53. The van der Waals surface area contributed by atoms with Crippen LogP contribution >= 0.6 is 0 Å². The van der Waals surface area contributed by atoms with Crippen LogP contribution in [-0.2, 0) is 0 Å². The van der Waals surface area contributed by atoms with Gasteiger partial charge in [-0.3, -0.25) is 4.98 Å². The number of H-pyrrole nitrogens is 1. The molecule has 0 saturated heterocycles. The lowest BCUT2D eigenvalue weighted by atomic mass is 10.2. The van der Waals surface area contributed by atoms with E-state index < -0.39 is 30.2 Å². The van der Waals surface area contributed by atoms with Crippen molar-refractivity contribution in [2.45, 2.75) is 12.1 Å². The van der Waals surface area contributed by atoms with Gasteiger partial charge in [-0.05, 0) is 0 Å². The molecule has 5 nitrogen and oxygen atoms in total. The van der Waals surface area contributed by atoms with Crippen LogP contribution in [0, 0.1) is 0 Å². The number of fused-ring (bicyclic) bond motifs is 1. The van der Waals surface area contributed by atoms with Gasteiger partial charge in [0.05, 0.1) is 11.2 Å². The molecule has 0 fully saturated rings.